The van der Waals surface area contributed by atoms with E-state index < -0.39 is 8.24 Å². The topological polar surface area (TPSA) is 4.93 Å². The molecule has 112 valence electrons. The second-order valence-corrected chi connectivity index (χ2v) is 12.5. The molecule has 0 spiro atoms. The summed E-state index contributed by atoms with van der Waals surface area (Å²) in [6.45, 7) is 16.6. The van der Waals surface area contributed by atoms with Crippen molar-refractivity contribution >= 4 is 8.24 Å². The van der Waals surface area contributed by atoms with Crippen LogP contribution in [0.4, 0.5) is 0 Å². The lowest BCUT2D eigenvalue weighted by atomic mass is 10.3. The molecular weight excluding hydrogens is 258 g/mol. The van der Waals surface area contributed by atoms with Crippen molar-refractivity contribution in [3.63, 3.8) is 0 Å². The van der Waals surface area contributed by atoms with Gasteiger partial charge in [0.15, 0.2) is 8.24 Å². The third kappa shape index (κ3) is 3.20. The summed E-state index contributed by atoms with van der Waals surface area (Å²) in [4.78, 5) is 0. The van der Waals surface area contributed by atoms with Gasteiger partial charge in [0.25, 0.3) is 0 Å². The second-order valence-electron chi connectivity index (χ2n) is 6.71. The first-order valence-electron chi connectivity index (χ1n) is 8.04. The van der Waals surface area contributed by atoms with Crippen molar-refractivity contribution in [2.45, 2.75) is 77.9 Å². The molecule has 0 saturated heterocycles. The summed E-state index contributed by atoms with van der Waals surface area (Å²) >= 11 is 0. The molecule has 0 radical (unpaired) electrons. The highest BCUT2D eigenvalue weighted by Gasteiger charge is 2.44. The summed E-state index contributed by atoms with van der Waals surface area (Å²) in [5.74, 6) is 6.56. The molecule has 1 aromatic heterocycles. The average molecular weight is 290 g/mol. The van der Waals surface area contributed by atoms with Crippen LogP contribution in [0.25, 0.3) is 0 Å². The first-order chi connectivity index (χ1) is 9.37. The van der Waals surface area contributed by atoms with Crippen LogP contribution in [0.15, 0.2) is 18.5 Å². The Bertz CT molecular complexity index is 449. The average Bonchev–Trinajstić information content (AvgIpc) is 2.77. The fourth-order valence-electron chi connectivity index (χ4n) is 3.90. The molecule has 2 heteroatoms. The van der Waals surface area contributed by atoms with Crippen LogP contribution in [-0.4, -0.2) is 12.5 Å². The van der Waals surface area contributed by atoms with Gasteiger partial charge in [-0.05, 0) is 35.3 Å². The summed E-state index contributed by atoms with van der Waals surface area (Å²) in [5.41, 5.74) is 3.36. The van der Waals surface area contributed by atoms with Gasteiger partial charge in [0.1, 0.15) is 0 Å². The van der Waals surface area contributed by atoms with Gasteiger partial charge < -0.3 is 4.23 Å². The minimum absolute atomic E-state index is 0.728. The van der Waals surface area contributed by atoms with Gasteiger partial charge in [0.05, 0.1) is 0 Å². The largest absolute Gasteiger partial charge is 0.378 e. The van der Waals surface area contributed by atoms with Gasteiger partial charge >= 0.3 is 0 Å². The Morgan fingerprint density at radius 2 is 1.60 bits per heavy atom. The third-order valence-electron chi connectivity index (χ3n) is 4.52. The lowest BCUT2D eigenvalue weighted by molar-refractivity contribution is 0.765. The Balaban J connectivity index is 3.21. The van der Waals surface area contributed by atoms with Gasteiger partial charge in [-0.3, -0.25) is 0 Å². The molecule has 0 bridgehead atoms. The highest BCUT2D eigenvalue weighted by molar-refractivity contribution is 6.82. The van der Waals surface area contributed by atoms with E-state index in [2.05, 4.69) is 83.0 Å². The van der Waals surface area contributed by atoms with E-state index in [0.717, 1.165) is 29.5 Å². The standard InChI is InChI=1S/C18H31NSi/c1-8-9-10-11-18-12-13-19(14-18)20(15(2)3,16(4)5)17(6)7/h12-17H,8-9H2,1-7H3. The molecule has 0 N–H and O–H groups in total. The summed E-state index contributed by atoms with van der Waals surface area (Å²) in [7, 11) is -1.58. The van der Waals surface area contributed by atoms with Crippen LogP contribution in [0.2, 0.25) is 16.6 Å². The zero-order chi connectivity index (χ0) is 15.3. The molecule has 0 unspecified atom stereocenters. The molecule has 0 saturated carbocycles. The van der Waals surface area contributed by atoms with Gasteiger partial charge in [0, 0.05) is 18.2 Å². The first-order valence-corrected chi connectivity index (χ1v) is 10.2. The van der Waals surface area contributed by atoms with Gasteiger partial charge in [-0.1, -0.05) is 60.3 Å². The van der Waals surface area contributed by atoms with Crippen LogP contribution in [0, 0.1) is 11.8 Å². The normalized spacial score (nSPS) is 12.1. The summed E-state index contributed by atoms with van der Waals surface area (Å²) in [6, 6.07) is 2.19. The predicted molar refractivity (Wildman–Crippen MR) is 92.7 cm³/mol. The smallest absolute Gasteiger partial charge is 0.168 e. The van der Waals surface area contributed by atoms with Crippen LogP contribution in [-0.2, 0) is 0 Å². The molecule has 1 aromatic rings. The maximum absolute atomic E-state index is 3.31. The molecule has 20 heavy (non-hydrogen) atoms. The number of aromatic nitrogens is 1. The van der Waals surface area contributed by atoms with E-state index in [1.165, 1.54) is 5.56 Å². The molecule has 0 aliphatic rings. The Kier molecular flexibility index (Phi) is 6.14. The minimum Gasteiger partial charge on any atom is -0.378 e. The number of unbranched alkanes of at least 4 members (excludes halogenated alkanes) is 1. The number of nitrogens with zero attached hydrogens (tertiary/aromatic N) is 1. The van der Waals surface area contributed by atoms with Crippen molar-refractivity contribution < 1.29 is 0 Å². The third-order valence-corrected chi connectivity index (χ3v) is 11.2. The fourth-order valence-corrected chi connectivity index (χ4v) is 10.4. The zero-order valence-corrected chi connectivity index (χ0v) is 15.3. The lowest BCUT2D eigenvalue weighted by Crippen LogP contribution is -2.51. The number of hydrogen-bond acceptors (Lipinski definition) is 0. The SMILES string of the molecule is CCCC#Cc1ccn([Si](C(C)C)(C(C)C)C(C)C)c1. The highest BCUT2D eigenvalue weighted by atomic mass is 28.3. The Morgan fingerprint density at radius 1 is 1.05 bits per heavy atom. The van der Waals surface area contributed by atoms with Crippen molar-refractivity contribution in [2.75, 3.05) is 0 Å². The van der Waals surface area contributed by atoms with Crippen molar-refractivity contribution in [3.05, 3.63) is 24.0 Å². The molecule has 0 aromatic carbocycles. The molecule has 0 aliphatic carbocycles. The molecule has 0 fully saturated rings. The minimum atomic E-state index is -1.58. The van der Waals surface area contributed by atoms with E-state index in [4.69, 9.17) is 0 Å². The molecule has 1 heterocycles. The van der Waals surface area contributed by atoms with E-state index in [9.17, 15) is 0 Å². The monoisotopic (exact) mass is 289 g/mol. The van der Waals surface area contributed by atoms with Crippen LogP contribution >= 0.6 is 0 Å². The van der Waals surface area contributed by atoms with Crippen LogP contribution in [0.5, 0.6) is 0 Å². The Hall–Kier alpha value is -0.943. The molecule has 1 rings (SSSR count). The quantitative estimate of drug-likeness (QED) is 0.486. The van der Waals surface area contributed by atoms with Crippen LogP contribution in [0.1, 0.15) is 66.9 Å². The van der Waals surface area contributed by atoms with E-state index in [1.54, 1.807) is 0 Å². The van der Waals surface area contributed by atoms with Gasteiger partial charge in [-0.25, -0.2) is 0 Å². The van der Waals surface area contributed by atoms with Crippen molar-refractivity contribution in [1.29, 1.82) is 0 Å². The number of rotatable bonds is 5. The van der Waals surface area contributed by atoms with Crippen molar-refractivity contribution in [2.24, 2.45) is 0 Å². The van der Waals surface area contributed by atoms with Crippen LogP contribution < -0.4 is 0 Å². The van der Waals surface area contributed by atoms with Crippen molar-refractivity contribution in [1.82, 2.24) is 4.23 Å². The summed E-state index contributed by atoms with van der Waals surface area (Å²) in [6.07, 6.45) is 6.71. The van der Waals surface area contributed by atoms with E-state index in [-0.39, 0.29) is 0 Å². The van der Waals surface area contributed by atoms with Crippen molar-refractivity contribution in [3.8, 4) is 11.8 Å². The van der Waals surface area contributed by atoms with Gasteiger partial charge in [-0.2, -0.15) is 0 Å². The molecule has 0 aliphatic heterocycles. The molecular formula is C18H31NSi. The van der Waals surface area contributed by atoms with E-state index in [1.807, 2.05) is 0 Å². The second kappa shape index (κ2) is 7.18. The van der Waals surface area contributed by atoms with Gasteiger partial charge in [-0.15, -0.1) is 0 Å². The predicted octanol–water partition coefficient (Wildman–Crippen LogP) is 5.66. The van der Waals surface area contributed by atoms with Gasteiger partial charge in [0.2, 0.25) is 0 Å². The maximum Gasteiger partial charge on any atom is 0.168 e. The fraction of sp³-hybridized carbons (Fsp3) is 0.667. The molecule has 0 atom stereocenters. The molecule has 0 amide bonds. The number of hydrogen-bond donors (Lipinski definition) is 0. The maximum atomic E-state index is 3.31. The lowest BCUT2D eigenvalue weighted by Gasteiger charge is -2.44. The molecule has 1 nitrogen and oxygen atoms in total. The Labute approximate surface area is 126 Å². The van der Waals surface area contributed by atoms with Crippen LogP contribution in [0.3, 0.4) is 0 Å². The summed E-state index contributed by atoms with van der Waals surface area (Å²) in [5, 5.41) is 0. The van der Waals surface area contributed by atoms with E-state index >= 15 is 0 Å². The zero-order valence-electron chi connectivity index (χ0n) is 14.3. The highest BCUT2D eigenvalue weighted by Crippen LogP contribution is 2.42. The summed E-state index contributed by atoms with van der Waals surface area (Å²) < 4.78 is 2.56. The Morgan fingerprint density at radius 3 is 2.05 bits per heavy atom. The first kappa shape index (κ1) is 17.1. The van der Waals surface area contributed by atoms with E-state index in [0.29, 0.717) is 0 Å².